The van der Waals surface area contributed by atoms with Gasteiger partial charge in [0.05, 0.1) is 8.22 Å². The van der Waals surface area contributed by atoms with Gasteiger partial charge < -0.3 is 61.3 Å². The number of hydrogen-bond donors (Lipinski definition) is 12. The summed E-state index contributed by atoms with van der Waals surface area (Å²) in [5.74, 6) is -6.08. The van der Waals surface area contributed by atoms with Crippen molar-refractivity contribution in [1.29, 1.82) is 0 Å². The molecule has 12 heteroatoms. The van der Waals surface area contributed by atoms with Gasteiger partial charge in [0, 0.05) is 97.7 Å². The van der Waals surface area contributed by atoms with Crippen LogP contribution < -0.4 is 0 Å². The number of phenols is 12. The molecule has 0 aromatic heterocycles. The average Bonchev–Trinajstić information content (AvgIpc) is 0.777. The zero-order chi connectivity index (χ0) is 125. The van der Waals surface area contributed by atoms with Crippen LogP contribution in [0.3, 0.4) is 0 Å². The number of aromatic hydroxyl groups is 12. The summed E-state index contributed by atoms with van der Waals surface area (Å²) in [5.41, 5.74) is 13.3. The minimum Gasteiger partial charge on any atom is -0.507 e. The summed E-state index contributed by atoms with van der Waals surface area (Å²) in [6, 6.07) is 29.8. The number of rotatable bonds is 34. The van der Waals surface area contributed by atoms with Crippen molar-refractivity contribution in [3.63, 3.8) is 0 Å². The van der Waals surface area contributed by atoms with E-state index >= 15 is 0 Å². The number of phenolic OH excluding ortho intramolecular Hbond substituents is 12. The second kappa shape index (κ2) is 56.0. The third-order valence-electron chi connectivity index (χ3n) is 28.4. The molecule has 140 heavy (non-hydrogen) atoms. The summed E-state index contributed by atoms with van der Waals surface area (Å²) < 4.78 is 209. The number of allylic oxidation sites excluding steroid dienone is 18. The van der Waals surface area contributed by atoms with Crippen molar-refractivity contribution < 1.29 is 98.3 Å². The Balaban J connectivity index is 0.000000242. The SMILES string of the molecule is C=C(C)C1CCC([13CH3])=CC1c1c(O)cc(CCCCC)cc1O.[2H]C([2H])([2H])C(=C)C1CCC(C([2H])([2H])[2H])=CC1c1c(O)cc(CCC)cc1O.[2H]C([2H])([2H])C1=CC(c2c(O)cc(CCc3ccccc3)cc2O)C(C(=C)C)CC1.[2H]C([2H])=C(C)C1CCC(C([2H])([2H])[2H])=CC1c1c(O)cc(CCCCCCC)cc1O.[2H]C([2H])=C(C1CCC(C([2H])([2H])[2H])=CC1c1c(O)cc(CCCCC)cc1O)C([2H])([2H])[2H].[2H]C([2H])=C(C1CCC(C)=CC1c1c(O)cc(CCCC)cc1O)C([2H])([2H])[2H]. The third-order valence-corrected chi connectivity index (χ3v) is 28.4. The number of unbranched alkanes of at least 4 members (excludes halogenated alkanes) is 9. The monoisotopic (exact) mass is 1930 g/mol. The van der Waals surface area contributed by atoms with E-state index in [1.54, 1.807) is 67.6 Å². The second-order valence-corrected chi connectivity index (χ2v) is 39.8. The topological polar surface area (TPSA) is 243 Å². The van der Waals surface area contributed by atoms with Gasteiger partial charge in [-0.05, 0) is 378 Å². The van der Waals surface area contributed by atoms with Crippen LogP contribution in [0.4, 0.5) is 0 Å². The van der Waals surface area contributed by atoms with Gasteiger partial charge >= 0.3 is 0 Å². The van der Waals surface area contributed by atoms with Gasteiger partial charge in [0.25, 0.3) is 0 Å². The van der Waals surface area contributed by atoms with Crippen molar-refractivity contribution in [1.82, 2.24) is 0 Å². The Morgan fingerprint density at radius 1 is 0.257 bits per heavy atom. The predicted molar refractivity (Wildman–Crippen MR) is 588 cm³/mol. The van der Waals surface area contributed by atoms with Crippen molar-refractivity contribution >= 4 is 0 Å². The lowest BCUT2D eigenvalue weighted by molar-refractivity contribution is 0.405. The molecule has 6 aliphatic carbocycles. The molecule has 0 heterocycles. The van der Waals surface area contributed by atoms with Crippen LogP contribution in [0.5, 0.6) is 69.0 Å². The van der Waals surface area contributed by atoms with Crippen molar-refractivity contribution in [2.24, 2.45) is 35.5 Å². The van der Waals surface area contributed by atoms with E-state index in [0.29, 0.717) is 85.6 Å². The number of aryl methyl sites for hydroxylation is 7. The smallest absolute Gasteiger partial charge is 0.123 e. The molecule has 760 valence electrons. The van der Waals surface area contributed by atoms with Gasteiger partial charge in [-0.15, -0.1) is 0 Å². The molecule has 12 nitrogen and oxygen atoms in total. The summed E-state index contributed by atoms with van der Waals surface area (Å²) in [6.45, 7) is 13.4. The van der Waals surface area contributed by atoms with E-state index in [1.807, 2.05) is 64.1 Å². The minimum absolute atomic E-state index is 0.00442. The second-order valence-electron chi connectivity index (χ2n) is 39.8. The normalized spacial score (nSPS) is 24.3. The summed E-state index contributed by atoms with van der Waals surface area (Å²) in [5, 5.41) is 128. The first-order chi connectivity index (χ1) is 77.8. The van der Waals surface area contributed by atoms with Crippen LogP contribution in [-0.2, 0) is 44.9 Å². The Bertz CT molecular complexity index is 6550. The van der Waals surface area contributed by atoms with E-state index in [1.165, 1.54) is 67.5 Å². The number of hydrogen-bond acceptors (Lipinski definition) is 12. The zero-order valence-corrected chi connectivity index (χ0v) is 84.5. The highest BCUT2D eigenvalue weighted by Crippen LogP contribution is 2.54. The molecule has 0 saturated carbocycles. The molecule has 6 aliphatic rings. The molecule has 7 aromatic rings. The first-order valence-electron chi connectivity index (χ1n) is 64.4. The largest absolute Gasteiger partial charge is 0.507 e. The molecule has 0 amide bonds. The molecule has 0 fully saturated rings. The third kappa shape index (κ3) is 32.8. The van der Waals surface area contributed by atoms with E-state index < -0.39 is 114 Å². The lowest BCUT2D eigenvalue weighted by Crippen LogP contribution is -2.17. The van der Waals surface area contributed by atoms with Crippen LogP contribution in [-0.4, -0.2) is 61.3 Å². The standard InChI is InChI=1S/C24H28O2.C23H34O2.2C21H30O2.C20H28O2.C19H26O2/c1-16(2)20-12-9-17(3)13-21(20)24-22(25)14-19(15-23(24)26)11-10-18-7-5-4-6-8-18;1-5-6-7-8-9-10-18-14-21(24)23(22(25)15-18)20-13-17(4)11-12-19(20)16(2)3;2*1-5-6-7-8-16-12-19(22)21(20(23)13-16)18-11-15(4)9-10-17(18)14(2)3;1-5-6-7-15-11-18(21)20(19(22)12-15)17-10-14(4)8-9-16(17)13(2)3;1-5-6-14-10-17(20)19(18(21)11-14)16-9-13(4)7-8-15(16)12(2)3/h4-8,13-15,20-21,25-26H,1,9-12H2,2-3H3;13-15,19-20,24-25H,2,5-12H2,1,3-4H3;2*11-13,17-18,22-23H,2,5-10H2,1,3-4H3;10-12,16-17,21-22H,2,5-9H2,1,3-4H3;9-11,15-16,20-21H,2,5-8H2,1,3-4H3/i3D3;2D2,4D3;2D2,3D3,4D3;4+1;2D2,3D3;3D3,4D3. The lowest BCUT2D eigenvalue weighted by atomic mass is 9.73. The summed E-state index contributed by atoms with van der Waals surface area (Å²) in [6.07, 6.45) is 36.0. The molecule has 12 atom stereocenters. The quantitative estimate of drug-likeness (QED) is 0.0102. The average molecular weight is 1930 g/mol. The van der Waals surface area contributed by atoms with Gasteiger partial charge in [-0.2, -0.15) is 0 Å². The Labute approximate surface area is 881 Å². The fourth-order valence-electron chi connectivity index (χ4n) is 20.8. The van der Waals surface area contributed by atoms with E-state index in [2.05, 4.69) is 72.6 Å². The molecule has 12 N–H and O–H groups in total. The first kappa shape index (κ1) is 79.6. The van der Waals surface area contributed by atoms with Crippen molar-refractivity contribution in [2.45, 2.75) is 365 Å². The van der Waals surface area contributed by atoms with Crippen LogP contribution in [0.15, 0.2) is 246 Å². The van der Waals surface area contributed by atoms with Crippen LogP contribution >= 0.6 is 0 Å². The van der Waals surface area contributed by atoms with Crippen molar-refractivity contribution in [2.75, 3.05) is 0 Å². The first-order valence-corrected chi connectivity index (χ1v) is 50.9. The Hall–Kier alpha value is -11.0. The lowest BCUT2D eigenvalue weighted by Gasteiger charge is -2.31. The molecule has 13 rings (SSSR count). The molecule has 0 aliphatic heterocycles. The molecule has 12 unspecified atom stereocenters. The summed E-state index contributed by atoms with van der Waals surface area (Å²) in [7, 11) is 0. The van der Waals surface area contributed by atoms with E-state index in [-0.39, 0.29) is 169 Å². The van der Waals surface area contributed by atoms with Gasteiger partial charge in [0.1, 0.15) is 69.0 Å². The van der Waals surface area contributed by atoms with Gasteiger partial charge in [-0.25, -0.2) is 0 Å². The van der Waals surface area contributed by atoms with E-state index in [4.69, 9.17) is 37.0 Å². The maximum absolute atomic E-state index is 10.8. The predicted octanol–water partition coefficient (Wildman–Crippen LogP) is 34.7. The Morgan fingerprint density at radius 3 is 0.743 bits per heavy atom. The van der Waals surface area contributed by atoms with Crippen molar-refractivity contribution in [3.05, 3.63) is 318 Å². The molecule has 0 radical (unpaired) electrons. The molecule has 0 bridgehead atoms. The molecule has 0 spiro atoms. The molecule has 7 aromatic carbocycles. The molecule has 0 saturated heterocycles. The Morgan fingerprint density at radius 2 is 0.479 bits per heavy atom. The van der Waals surface area contributed by atoms with Crippen LogP contribution in [0, 0.1) is 35.5 Å². The van der Waals surface area contributed by atoms with Gasteiger partial charge in [-0.3, -0.25) is 0 Å². The summed E-state index contributed by atoms with van der Waals surface area (Å²) >= 11 is 0. The fraction of sp³-hybridized carbons (Fsp3) is 0.484. The Kier molecular flexibility index (Phi) is 31.8. The van der Waals surface area contributed by atoms with Gasteiger partial charge in [-0.1, -0.05) is 272 Å². The van der Waals surface area contributed by atoms with Crippen LogP contribution in [0.25, 0.3) is 0 Å². The zero-order valence-electron chi connectivity index (χ0n) is 112. The number of benzene rings is 7. The molecular formula is C128H176O12. The van der Waals surface area contributed by atoms with Crippen LogP contribution in [0.1, 0.15) is 429 Å². The van der Waals surface area contributed by atoms with E-state index in [9.17, 15) is 61.3 Å². The maximum Gasteiger partial charge on any atom is 0.123 e. The molecular weight excluding hydrogens is 1730 g/mol. The fourth-order valence-corrected chi connectivity index (χ4v) is 20.8. The van der Waals surface area contributed by atoms with Crippen molar-refractivity contribution in [3.8, 4) is 69.0 Å². The van der Waals surface area contributed by atoms with Gasteiger partial charge in [0.15, 0.2) is 0 Å². The highest BCUT2D eigenvalue weighted by Gasteiger charge is 2.37. The highest BCUT2D eigenvalue weighted by atomic mass is 16.3. The maximum atomic E-state index is 10.8. The van der Waals surface area contributed by atoms with Crippen LogP contribution in [0.2, 0.25) is 0 Å². The summed E-state index contributed by atoms with van der Waals surface area (Å²) in [4.78, 5) is 0. The van der Waals surface area contributed by atoms with Gasteiger partial charge in [0.2, 0.25) is 0 Å². The highest BCUT2D eigenvalue weighted by molar-refractivity contribution is 5.58. The minimum atomic E-state index is -2.72. The van der Waals surface area contributed by atoms with E-state index in [0.717, 1.165) is 146 Å².